The lowest BCUT2D eigenvalue weighted by Gasteiger charge is -2.20. The summed E-state index contributed by atoms with van der Waals surface area (Å²) in [5.74, 6) is -0.0315. The Kier molecular flexibility index (Phi) is 5.29. The van der Waals surface area contributed by atoms with E-state index in [-0.39, 0.29) is 11.9 Å². The highest BCUT2D eigenvalue weighted by Crippen LogP contribution is 2.32. The molecule has 0 aliphatic carbocycles. The monoisotopic (exact) mass is 385 g/mol. The highest BCUT2D eigenvalue weighted by molar-refractivity contribution is 6.05. The molecule has 1 heterocycles. The van der Waals surface area contributed by atoms with Crippen LogP contribution in [0, 0.1) is 0 Å². The van der Waals surface area contributed by atoms with Crippen molar-refractivity contribution < 1.29 is 9.59 Å². The quantitative estimate of drug-likeness (QED) is 0.716. The molecule has 0 fully saturated rings. The van der Waals surface area contributed by atoms with E-state index in [9.17, 15) is 9.59 Å². The standard InChI is InChI=1S/C24H23N3O2/c1-26(17-18-9-4-2-5-10-18)23(28)21-13-8-14-22-20(21)15-16-27(22)24(29)25-19-11-6-3-7-12-19/h2-14H,15-17H2,1H3,(H,25,29). The predicted octanol–water partition coefficient (Wildman–Crippen LogP) is 4.55. The Morgan fingerprint density at radius 2 is 1.62 bits per heavy atom. The Balaban J connectivity index is 1.53. The molecule has 1 aliphatic heterocycles. The Morgan fingerprint density at radius 1 is 0.931 bits per heavy atom. The van der Waals surface area contributed by atoms with Crippen LogP contribution in [-0.2, 0) is 13.0 Å². The molecule has 0 radical (unpaired) electrons. The summed E-state index contributed by atoms with van der Waals surface area (Å²) < 4.78 is 0. The van der Waals surface area contributed by atoms with Gasteiger partial charge in [-0.25, -0.2) is 4.79 Å². The molecule has 0 unspecified atom stereocenters. The normalized spacial score (nSPS) is 12.4. The number of para-hydroxylation sites is 1. The van der Waals surface area contributed by atoms with Gasteiger partial charge in [-0.15, -0.1) is 0 Å². The number of nitrogens with zero attached hydrogens (tertiary/aromatic N) is 2. The topological polar surface area (TPSA) is 52.7 Å². The summed E-state index contributed by atoms with van der Waals surface area (Å²) >= 11 is 0. The van der Waals surface area contributed by atoms with Crippen LogP contribution in [0.4, 0.5) is 16.2 Å². The van der Waals surface area contributed by atoms with Crippen LogP contribution < -0.4 is 10.2 Å². The minimum Gasteiger partial charge on any atom is -0.337 e. The van der Waals surface area contributed by atoms with Crippen LogP contribution in [0.2, 0.25) is 0 Å². The van der Waals surface area contributed by atoms with Crippen LogP contribution in [0.1, 0.15) is 21.5 Å². The van der Waals surface area contributed by atoms with Gasteiger partial charge < -0.3 is 10.2 Å². The summed E-state index contributed by atoms with van der Waals surface area (Å²) in [6.07, 6.45) is 0.665. The minimum absolute atomic E-state index is 0.0315. The van der Waals surface area contributed by atoms with Gasteiger partial charge in [0.15, 0.2) is 0 Å². The second kappa shape index (κ2) is 8.19. The molecule has 0 saturated heterocycles. The van der Waals surface area contributed by atoms with Gasteiger partial charge >= 0.3 is 6.03 Å². The Bertz CT molecular complexity index is 1020. The van der Waals surface area contributed by atoms with Crippen molar-refractivity contribution in [1.29, 1.82) is 0 Å². The van der Waals surface area contributed by atoms with Crippen LogP contribution >= 0.6 is 0 Å². The van der Waals surface area contributed by atoms with Crippen LogP contribution in [0.5, 0.6) is 0 Å². The maximum absolute atomic E-state index is 13.1. The SMILES string of the molecule is CN(Cc1ccccc1)C(=O)c1cccc2c1CCN2C(=O)Nc1ccccc1. The second-order valence-corrected chi connectivity index (χ2v) is 7.15. The number of carbonyl (C=O) groups is 2. The molecule has 0 atom stereocenters. The number of fused-ring (bicyclic) bond motifs is 1. The first-order valence-corrected chi connectivity index (χ1v) is 9.68. The van der Waals surface area contributed by atoms with Gasteiger partial charge in [0.25, 0.3) is 5.91 Å². The van der Waals surface area contributed by atoms with E-state index in [4.69, 9.17) is 0 Å². The molecule has 0 saturated carbocycles. The zero-order chi connectivity index (χ0) is 20.2. The Labute approximate surface area is 170 Å². The van der Waals surface area contributed by atoms with Gasteiger partial charge in [-0.1, -0.05) is 54.6 Å². The van der Waals surface area contributed by atoms with Gasteiger partial charge in [0.05, 0.1) is 0 Å². The number of hydrogen-bond acceptors (Lipinski definition) is 2. The zero-order valence-electron chi connectivity index (χ0n) is 16.3. The minimum atomic E-state index is -0.183. The molecular weight excluding hydrogens is 362 g/mol. The Hall–Kier alpha value is -3.60. The number of carbonyl (C=O) groups excluding carboxylic acids is 2. The van der Waals surface area contributed by atoms with E-state index in [0.29, 0.717) is 25.1 Å². The van der Waals surface area contributed by atoms with Crippen molar-refractivity contribution in [2.75, 3.05) is 23.8 Å². The molecule has 5 heteroatoms. The molecule has 146 valence electrons. The van der Waals surface area contributed by atoms with Crippen molar-refractivity contribution in [3.63, 3.8) is 0 Å². The third-order valence-corrected chi connectivity index (χ3v) is 5.14. The molecule has 3 aromatic rings. The molecule has 3 amide bonds. The van der Waals surface area contributed by atoms with E-state index < -0.39 is 0 Å². The summed E-state index contributed by atoms with van der Waals surface area (Å²) in [7, 11) is 1.81. The largest absolute Gasteiger partial charge is 0.337 e. The molecule has 3 aromatic carbocycles. The summed E-state index contributed by atoms with van der Waals surface area (Å²) in [5.41, 5.74) is 4.23. The fourth-order valence-electron chi connectivity index (χ4n) is 3.69. The highest BCUT2D eigenvalue weighted by atomic mass is 16.2. The molecular formula is C24H23N3O2. The van der Waals surface area contributed by atoms with Gasteiger partial charge in [0.2, 0.25) is 0 Å². The van der Waals surface area contributed by atoms with E-state index in [0.717, 1.165) is 22.5 Å². The van der Waals surface area contributed by atoms with Crippen molar-refractivity contribution >= 4 is 23.3 Å². The third-order valence-electron chi connectivity index (χ3n) is 5.14. The van der Waals surface area contributed by atoms with Gasteiger partial charge in [-0.05, 0) is 41.8 Å². The molecule has 0 bridgehead atoms. The van der Waals surface area contributed by atoms with Crippen LogP contribution in [0.3, 0.4) is 0 Å². The molecule has 29 heavy (non-hydrogen) atoms. The first-order chi connectivity index (χ1) is 14.1. The van der Waals surface area contributed by atoms with Crippen LogP contribution in [0.15, 0.2) is 78.9 Å². The number of benzene rings is 3. The van der Waals surface area contributed by atoms with Crippen molar-refractivity contribution in [3.8, 4) is 0 Å². The van der Waals surface area contributed by atoms with Crippen molar-refractivity contribution in [2.45, 2.75) is 13.0 Å². The molecule has 0 spiro atoms. The van der Waals surface area contributed by atoms with Crippen molar-refractivity contribution in [1.82, 2.24) is 4.90 Å². The summed E-state index contributed by atoms with van der Waals surface area (Å²) in [6, 6.07) is 24.7. The van der Waals surface area contributed by atoms with Gasteiger partial charge in [0, 0.05) is 37.1 Å². The lowest BCUT2D eigenvalue weighted by atomic mass is 10.0. The summed E-state index contributed by atoms with van der Waals surface area (Å²) in [5, 5.41) is 2.92. The highest BCUT2D eigenvalue weighted by Gasteiger charge is 2.29. The first kappa shape index (κ1) is 18.7. The Morgan fingerprint density at radius 3 is 2.34 bits per heavy atom. The zero-order valence-corrected chi connectivity index (χ0v) is 16.3. The predicted molar refractivity (Wildman–Crippen MR) is 115 cm³/mol. The molecule has 0 aromatic heterocycles. The average Bonchev–Trinajstić information content (AvgIpc) is 3.19. The first-order valence-electron chi connectivity index (χ1n) is 9.68. The number of urea groups is 1. The van der Waals surface area contributed by atoms with Crippen molar-refractivity contribution in [2.24, 2.45) is 0 Å². The summed E-state index contributed by atoms with van der Waals surface area (Å²) in [6.45, 7) is 1.10. The fraction of sp³-hybridized carbons (Fsp3) is 0.167. The molecule has 1 aliphatic rings. The van der Waals surface area contributed by atoms with Gasteiger partial charge in [0.1, 0.15) is 0 Å². The smallest absolute Gasteiger partial charge is 0.326 e. The van der Waals surface area contributed by atoms with Gasteiger partial charge in [-0.2, -0.15) is 0 Å². The number of rotatable bonds is 4. The fourth-order valence-corrected chi connectivity index (χ4v) is 3.69. The average molecular weight is 385 g/mol. The maximum atomic E-state index is 13.1. The summed E-state index contributed by atoms with van der Waals surface area (Å²) in [4.78, 5) is 29.3. The lowest BCUT2D eigenvalue weighted by molar-refractivity contribution is 0.0784. The van der Waals surface area contributed by atoms with E-state index in [1.54, 1.807) is 9.80 Å². The van der Waals surface area contributed by atoms with E-state index >= 15 is 0 Å². The van der Waals surface area contributed by atoms with E-state index in [1.807, 2.05) is 85.9 Å². The van der Waals surface area contributed by atoms with Crippen molar-refractivity contribution in [3.05, 3.63) is 95.6 Å². The molecule has 5 nitrogen and oxygen atoms in total. The number of hydrogen-bond donors (Lipinski definition) is 1. The third kappa shape index (κ3) is 3.99. The van der Waals surface area contributed by atoms with E-state index in [2.05, 4.69) is 5.32 Å². The number of amides is 3. The number of nitrogens with one attached hydrogen (secondary N) is 1. The lowest BCUT2D eigenvalue weighted by Crippen LogP contribution is -2.33. The van der Waals surface area contributed by atoms with Crippen LogP contribution in [-0.4, -0.2) is 30.4 Å². The van der Waals surface area contributed by atoms with Gasteiger partial charge in [-0.3, -0.25) is 9.69 Å². The molecule has 4 rings (SSSR count). The molecule has 1 N–H and O–H groups in total. The maximum Gasteiger partial charge on any atom is 0.326 e. The number of anilines is 2. The second-order valence-electron chi connectivity index (χ2n) is 7.15. The van der Waals surface area contributed by atoms with Crippen LogP contribution in [0.25, 0.3) is 0 Å². The van der Waals surface area contributed by atoms with E-state index in [1.165, 1.54) is 0 Å².